The van der Waals surface area contributed by atoms with E-state index in [4.69, 9.17) is 0 Å². The average molecular weight is 395 g/mol. The molecule has 0 saturated carbocycles. The van der Waals surface area contributed by atoms with Gasteiger partial charge in [0.2, 0.25) is 0 Å². The highest BCUT2D eigenvalue weighted by molar-refractivity contribution is 5.96. The summed E-state index contributed by atoms with van der Waals surface area (Å²) in [5, 5.41) is 3.73. The molecule has 0 heterocycles. The maximum absolute atomic E-state index is 13.5. The number of carbonyl (C=O) groups is 1. The Balaban J connectivity index is 2.45. The fourth-order valence-electron chi connectivity index (χ4n) is 4.28. The number of hydrogen-bond donors (Lipinski definition) is 1. The van der Waals surface area contributed by atoms with E-state index >= 15 is 0 Å². The van der Waals surface area contributed by atoms with Crippen LogP contribution in [0.25, 0.3) is 0 Å². The Kier molecular flexibility index (Phi) is 7.51. The number of para-hydroxylation sites is 1. The van der Waals surface area contributed by atoms with Crippen LogP contribution in [0.3, 0.4) is 0 Å². The number of anilines is 1. The molecular formula is C26H38N2O. The molecule has 0 aromatic heterocycles. The van der Waals surface area contributed by atoms with Gasteiger partial charge in [0.25, 0.3) is 5.91 Å². The molecule has 0 aliphatic rings. The molecule has 0 saturated heterocycles. The molecule has 1 N–H and O–H groups in total. The van der Waals surface area contributed by atoms with Gasteiger partial charge in [-0.25, -0.2) is 0 Å². The highest BCUT2D eigenvalue weighted by Gasteiger charge is 2.33. The van der Waals surface area contributed by atoms with Crippen LogP contribution in [0.2, 0.25) is 0 Å². The van der Waals surface area contributed by atoms with E-state index in [1.807, 2.05) is 41.3 Å². The van der Waals surface area contributed by atoms with Crippen molar-refractivity contribution in [2.45, 2.75) is 79.4 Å². The zero-order valence-electron chi connectivity index (χ0n) is 19.4. The molecule has 2 aromatic rings. The molecule has 0 bridgehead atoms. The molecule has 29 heavy (non-hydrogen) atoms. The van der Waals surface area contributed by atoms with Gasteiger partial charge in [-0.3, -0.25) is 4.79 Å². The summed E-state index contributed by atoms with van der Waals surface area (Å²) in [4.78, 5) is 15.5. The molecule has 3 nitrogen and oxygen atoms in total. The van der Waals surface area contributed by atoms with Crippen molar-refractivity contribution >= 4 is 11.6 Å². The number of amides is 1. The monoisotopic (exact) mass is 394 g/mol. The standard InChI is InChI=1S/C26H38N2O/c1-18(2)28(19(3)4)25(29)23-17-13-12-16-22(23)20(5)24(26(6,7)8)27-21-14-10-9-11-15-21/h9-20,24,27H,1-8H3/t20-,24+/m0/s1. The van der Waals surface area contributed by atoms with E-state index in [2.05, 4.69) is 78.9 Å². The van der Waals surface area contributed by atoms with Crippen molar-refractivity contribution in [2.75, 3.05) is 5.32 Å². The van der Waals surface area contributed by atoms with E-state index in [1.165, 1.54) is 0 Å². The van der Waals surface area contributed by atoms with Gasteiger partial charge in [0.15, 0.2) is 0 Å². The van der Waals surface area contributed by atoms with Crippen LogP contribution < -0.4 is 5.32 Å². The fourth-order valence-corrected chi connectivity index (χ4v) is 4.28. The highest BCUT2D eigenvalue weighted by atomic mass is 16.2. The average Bonchev–Trinajstić information content (AvgIpc) is 2.65. The molecular weight excluding hydrogens is 356 g/mol. The molecule has 0 radical (unpaired) electrons. The number of nitrogens with zero attached hydrogens (tertiary/aromatic N) is 1. The summed E-state index contributed by atoms with van der Waals surface area (Å²) in [6.45, 7) is 17.3. The molecule has 0 aliphatic heterocycles. The first-order valence-corrected chi connectivity index (χ1v) is 10.8. The second kappa shape index (κ2) is 9.47. The smallest absolute Gasteiger partial charge is 0.254 e. The van der Waals surface area contributed by atoms with E-state index in [1.54, 1.807) is 0 Å². The number of carbonyl (C=O) groups excluding carboxylic acids is 1. The highest BCUT2D eigenvalue weighted by Crippen LogP contribution is 2.36. The maximum Gasteiger partial charge on any atom is 0.254 e. The first kappa shape index (κ1) is 23.0. The van der Waals surface area contributed by atoms with Crippen molar-refractivity contribution in [1.82, 2.24) is 4.90 Å². The Hall–Kier alpha value is -2.29. The molecule has 3 heteroatoms. The van der Waals surface area contributed by atoms with Gasteiger partial charge in [-0.1, -0.05) is 64.1 Å². The molecule has 158 valence electrons. The van der Waals surface area contributed by atoms with E-state index in [-0.39, 0.29) is 35.4 Å². The summed E-state index contributed by atoms with van der Waals surface area (Å²) >= 11 is 0. The summed E-state index contributed by atoms with van der Waals surface area (Å²) in [7, 11) is 0. The fraction of sp³-hybridized carbons (Fsp3) is 0.500. The van der Waals surface area contributed by atoms with Gasteiger partial charge in [-0.2, -0.15) is 0 Å². The third kappa shape index (κ3) is 5.62. The predicted molar refractivity (Wildman–Crippen MR) is 125 cm³/mol. The number of hydrogen-bond acceptors (Lipinski definition) is 2. The van der Waals surface area contributed by atoms with E-state index in [9.17, 15) is 4.79 Å². The van der Waals surface area contributed by atoms with Gasteiger partial charge in [-0.05, 0) is 56.9 Å². The Bertz CT molecular complexity index is 782. The van der Waals surface area contributed by atoms with E-state index in [0.29, 0.717) is 0 Å². The van der Waals surface area contributed by atoms with Gasteiger partial charge >= 0.3 is 0 Å². The van der Waals surface area contributed by atoms with Crippen molar-refractivity contribution in [1.29, 1.82) is 0 Å². The lowest BCUT2D eigenvalue weighted by Crippen LogP contribution is -2.43. The molecule has 0 fully saturated rings. The van der Waals surface area contributed by atoms with Gasteiger partial charge in [0.05, 0.1) is 0 Å². The van der Waals surface area contributed by atoms with Crippen LogP contribution in [0.5, 0.6) is 0 Å². The third-order valence-electron chi connectivity index (χ3n) is 5.56. The minimum Gasteiger partial charge on any atom is -0.381 e. The number of rotatable bonds is 7. The molecule has 0 aliphatic carbocycles. The van der Waals surface area contributed by atoms with Crippen LogP contribution in [0, 0.1) is 5.41 Å². The minimum absolute atomic E-state index is 0.0151. The zero-order valence-corrected chi connectivity index (χ0v) is 19.4. The summed E-state index contributed by atoms with van der Waals surface area (Å²) < 4.78 is 0. The zero-order chi connectivity index (χ0) is 21.8. The lowest BCUT2D eigenvalue weighted by molar-refractivity contribution is 0.0641. The van der Waals surface area contributed by atoms with Crippen LogP contribution >= 0.6 is 0 Å². The second-order valence-electron chi connectivity index (χ2n) is 9.63. The quantitative estimate of drug-likeness (QED) is 0.575. The summed E-state index contributed by atoms with van der Waals surface area (Å²) in [5.74, 6) is 0.279. The number of nitrogens with one attached hydrogen (secondary N) is 1. The lowest BCUT2D eigenvalue weighted by Gasteiger charge is -2.38. The van der Waals surface area contributed by atoms with Crippen LogP contribution in [-0.4, -0.2) is 28.9 Å². The van der Waals surface area contributed by atoms with E-state index in [0.717, 1.165) is 16.8 Å². The topological polar surface area (TPSA) is 32.3 Å². The van der Waals surface area contributed by atoms with Crippen molar-refractivity contribution in [3.63, 3.8) is 0 Å². The molecule has 0 spiro atoms. The molecule has 2 aromatic carbocycles. The van der Waals surface area contributed by atoms with Gasteiger partial charge in [0, 0.05) is 35.3 Å². The summed E-state index contributed by atoms with van der Waals surface area (Å²) in [5.41, 5.74) is 3.04. The predicted octanol–water partition coefficient (Wildman–Crippen LogP) is 6.58. The number of benzene rings is 2. The lowest BCUT2D eigenvalue weighted by atomic mass is 9.75. The Morgan fingerprint density at radius 3 is 1.86 bits per heavy atom. The normalized spacial score (nSPS) is 14.0. The van der Waals surface area contributed by atoms with Crippen molar-refractivity contribution in [2.24, 2.45) is 5.41 Å². The molecule has 0 unspecified atom stereocenters. The van der Waals surface area contributed by atoms with E-state index < -0.39 is 0 Å². The molecule has 1 amide bonds. The second-order valence-corrected chi connectivity index (χ2v) is 9.63. The van der Waals surface area contributed by atoms with Crippen molar-refractivity contribution in [3.8, 4) is 0 Å². The van der Waals surface area contributed by atoms with Gasteiger partial charge in [-0.15, -0.1) is 0 Å². The molecule has 2 rings (SSSR count). The Morgan fingerprint density at radius 1 is 0.828 bits per heavy atom. The largest absolute Gasteiger partial charge is 0.381 e. The van der Waals surface area contributed by atoms with Crippen molar-refractivity contribution < 1.29 is 4.79 Å². The minimum atomic E-state index is 0.0151. The van der Waals surface area contributed by atoms with Crippen LogP contribution in [-0.2, 0) is 0 Å². The van der Waals surface area contributed by atoms with Crippen molar-refractivity contribution in [3.05, 3.63) is 65.7 Å². The Labute approximate surface area is 177 Å². The Morgan fingerprint density at radius 2 is 1.34 bits per heavy atom. The van der Waals surface area contributed by atoms with Crippen LogP contribution in [0.4, 0.5) is 5.69 Å². The van der Waals surface area contributed by atoms with Crippen LogP contribution in [0.1, 0.15) is 77.2 Å². The first-order chi connectivity index (χ1) is 13.5. The maximum atomic E-state index is 13.5. The van der Waals surface area contributed by atoms with Crippen LogP contribution in [0.15, 0.2) is 54.6 Å². The SMILES string of the molecule is CC(C)N(C(=O)c1ccccc1[C@H](C)[C@@H](Nc1ccccc1)C(C)(C)C)C(C)C. The molecule has 2 atom stereocenters. The summed E-state index contributed by atoms with van der Waals surface area (Å²) in [6.07, 6.45) is 0. The first-order valence-electron chi connectivity index (χ1n) is 10.8. The van der Waals surface area contributed by atoms with Gasteiger partial charge < -0.3 is 10.2 Å². The summed E-state index contributed by atoms with van der Waals surface area (Å²) in [6, 6.07) is 18.9. The van der Waals surface area contributed by atoms with Gasteiger partial charge in [0.1, 0.15) is 0 Å². The third-order valence-corrected chi connectivity index (χ3v) is 5.56.